The number of aliphatic hydroxyl groups is 4. The molecule has 0 saturated carbocycles. The van der Waals surface area contributed by atoms with Gasteiger partial charge in [-0.15, -0.1) is 0 Å². The second-order valence-electron chi connectivity index (χ2n) is 7.96. The highest BCUT2D eigenvalue weighted by Crippen LogP contribution is 2.40. The summed E-state index contributed by atoms with van der Waals surface area (Å²) in [6.45, 7) is -0.574. The highest BCUT2D eigenvalue weighted by Gasteiger charge is 2.45. The summed E-state index contributed by atoms with van der Waals surface area (Å²) in [5.74, 6) is 0.106. The van der Waals surface area contributed by atoms with Crippen molar-refractivity contribution in [1.29, 1.82) is 0 Å². The molecule has 1 aromatic heterocycles. The van der Waals surface area contributed by atoms with Crippen LogP contribution in [0.4, 0.5) is 0 Å². The Balaban J connectivity index is 1.69. The fraction of sp³-hybridized carbons (Fsp3) is 0.320. The van der Waals surface area contributed by atoms with Crippen molar-refractivity contribution < 1.29 is 43.8 Å². The van der Waals surface area contributed by atoms with Crippen LogP contribution in [0.2, 0.25) is 0 Å². The number of hydrogen-bond donors (Lipinski definition) is 4. The van der Waals surface area contributed by atoms with Crippen LogP contribution in [-0.2, 0) is 4.74 Å². The summed E-state index contributed by atoms with van der Waals surface area (Å²) >= 11 is 0. The van der Waals surface area contributed by atoms with Gasteiger partial charge in [0.05, 0.1) is 32.7 Å². The van der Waals surface area contributed by atoms with E-state index in [9.17, 15) is 25.2 Å². The minimum absolute atomic E-state index is 0.177. The predicted molar refractivity (Wildman–Crippen MR) is 122 cm³/mol. The third-order valence-corrected chi connectivity index (χ3v) is 5.92. The van der Waals surface area contributed by atoms with E-state index in [0.29, 0.717) is 0 Å². The van der Waals surface area contributed by atoms with E-state index < -0.39 is 37.1 Å². The molecular weight excluding hydrogens is 444 g/mol. The molecule has 4 rings (SSSR count). The van der Waals surface area contributed by atoms with Crippen LogP contribution in [0, 0.1) is 0 Å². The van der Waals surface area contributed by atoms with E-state index in [1.54, 1.807) is 12.3 Å². The maximum absolute atomic E-state index is 13.1. The molecule has 0 spiro atoms. The van der Waals surface area contributed by atoms with Gasteiger partial charge in [0.15, 0.2) is 5.78 Å². The van der Waals surface area contributed by atoms with Gasteiger partial charge in [0, 0.05) is 17.0 Å². The number of carbonyl (C=O) groups is 1. The largest absolute Gasteiger partial charge is 0.496 e. The summed E-state index contributed by atoms with van der Waals surface area (Å²) < 4.78 is 21.8. The van der Waals surface area contributed by atoms with Gasteiger partial charge in [0.25, 0.3) is 0 Å². The zero-order chi connectivity index (χ0) is 24.4. The number of rotatable bonds is 7. The normalized spacial score (nSPS) is 25.1. The first-order valence-electron chi connectivity index (χ1n) is 10.6. The second-order valence-corrected chi connectivity index (χ2v) is 7.96. The Labute approximate surface area is 195 Å². The summed E-state index contributed by atoms with van der Waals surface area (Å²) in [6.07, 6.45) is -2.24. The molecule has 3 aromatic rings. The minimum atomic E-state index is -1.57. The number of methoxy groups -OCH3 is 2. The maximum Gasteiger partial charge on any atom is 0.189 e. The minimum Gasteiger partial charge on any atom is -0.496 e. The van der Waals surface area contributed by atoms with Gasteiger partial charge in [-0.2, -0.15) is 0 Å². The van der Waals surface area contributed by atoms with Crippen molar-refractivity contribution >= 4 is 22.8 Å². The standard InChI is InChI=1S/C25H26O9/c1-31-19-11-20(32-2)16(25-24(30)23(29)22(28)21(12-26)34-25)10-15(19)17(27)5-3-13-4-6-18-14(9-13)7-8-33-18/h3-11,21-26,28-30H,12H2,1-2H3. The van der Waals surface area contributed by atoms with Crippen molar-refractivity contribution in [3.63, 3.8) is 0 Å². The van der Waals surface area contributed by atoms with E-state index >= 15 is 0 Å². The molecule has 5 atom stereocenters. The highest BCUT2D eigenvalue weighted by atomic mass is 16.5. The van der Waals surface area contributed by atoms with Gasteiger partial charge in [-0.1, -0.05) is 12.1 Å². The molecule has 1 fully saturated rings. The van der Waals surface area contributed by atoms with Crippen LogP contribution in [0.15, 0.2) is 53.2 Å². The van der Waals surface area contributed by atoms with Crippen molar-refractivity contribution in [2.24, 2.45) is 0 Å². The smallest absolute Gasteiger partial charge is 0.189 e. The molecule has 2 aromatic carbocycles. The van der Waals surface area contributed by atoms with Crippen LogP contribution < -0.4 is 9.47 Å². The molecule has 0 radical (unpaired) electrons. The number of aliphatic hydroxyl groups excluding tert-OH is 4. The van der Waals surface area contributed by atoms with Gasteiger partial charge in [-0.05, 0) is 35.9 Å². The third-order valence-electron chi connectivity index (χ3n) is 5.92. The molecule has 0 bridgehead atoms. The summed E-state index contributed by atoms with van der Waals surface area (Å²) in [6, 6.07) is 10.3. The van der Waals surface area contributed by atoms with E-state index in [-0.39, 0.29) is 28.4 Å². The summed E-state index contributed by atoms with van der Waals surface area (Å²) in [5, 5.41) is 41.3. The van der Waals surface area contributed by atoms with Crippen LogP contribution in [0.25, 0.3) is 17.0 Å². The molecule has 0 aliphatic carbocycles. The van der Waals surface area contributed by atoms with E-state index in [4.69, 9.17) is 18.6 Å². The lowest BCUT2D eigenvalue weighted by molar-refractivity contribution is -0.232. The molecule has 9 nitrogen and oxygen atoms in total. The number of ketones is 1. The number of fused-ring (bicyclic) bond motifs is 1. The Hall–Kier alpha value is -3.21. The number of ether oxygens (including phenoxy) is 3. The van der Waals surface area contributed by atoms with Crippen LogP contribution in [0.3, 0.4) is 0 Å². The topological polar surface area (TPSA) is 139 Å². The number of benzene rings is 2. The van der Waals surface area contributed by atoms with Gasteiger partial charge >= 0.3 is 0 Å². The van der Waals surface area contributed by atoms with Crippen LogP contribution in [0.1, 0.15) is 27.6 Å². The zero-order valence-corrected chi connectivity index (χ0v) is 18.6. The van der Waals surface area contributed by atoms with E-state index in [2.05, 4.69) is 0 Å². The Morgan fingerprint density at radius 1 is 1.00 bits per heavy atom. The molecule has 1 saturated heterocycles. The molecule has 5 unspecified atom stereocenters. The Kier molecular flexibility index (Phi) is 7.01. The predicted octanol–water partition coefficient (Wildman–Crippen LogP) is 1.86. The molecule has 9 heteroatoms. The Morgan fingerprint density at radius 3 is 2.47 bits per heavy atom. The van der Waals surface area contributed by atoms with Gasteiger partial charge in [-0.3, -0.25) is 4.79 Å². The molecule has 1 aliphatic rings. The fourth-order valence-corrected chi connectivity index (χ4v) is 4.05. The average Bonchev–Trinajstić information content (AvgIpc) is 3.33. The number of allylic oxidation sites excluding steroid dienone is 1. The average molecular weight is 470 g/mol. The van der Waals surface area contributed by atoms with Gasteiger partial charge in [0.2, 0.25) is 0 Å². The van der Waals surface area contributed by atoms with Crippen LogP contribution in [-0.4, -0.2) is 71.5 Å². The first-order valence-corrected chi connectivity index (χ1v) is 10.6. The Morgan fingerprint density at radius 2 is 1.76 bits per heavy atom. The summed E-state index contributed by atoms with van der Waals surface area (Å²) in [5.41, 5.74) is 1.97. The first-order chi connectivity index (χ1) is 16.4. The quantitative estimate of drug-likeness (QED) is 0.301. The summed E-state index contributed by atoms with van der Waals surface area (Å²) in [4.78, 5) is 13.1. The number of hydrogen-bond acceptors (Lipinski definition) is 9. The zero-order valence-electron chi connectivity index (χ0n) is 18.6. The monoisotopic (exact) mass is 470 g/mol. The number of furan rings is 1. The van der Waals surface area contributed by atoms with Gasteiger partial charge < -0.3 is 39.1 Å². The SMILES string of the molecule is COc1cc(OC)c(C2OC(CO)C(O)C(O)C2O)cc1C(=O)C=Cc1ccc2occc2c1. The van der Waals surface area contributed by atoms with Crippen molar-refractivity contribution in [3.05, 3.63) is 65.4 Å². The van der Waals surface area contributed by atoms with Crippen molar-refractivity contribution in [2.45, 2.75) is 30.5 Å². The molecule has 4 N–H and O–H groups in total. The van der Waals surface area contributed by atoms with Gasteiger partial charge in [0.1, 0.15) is 47.6 Å². The number of carbonyl (C=O) groups excluding carboxylic acids is 1. The first kappa shape index (κ1) is 23.9. The molecular formula is C25H26O9. The Bertz CT molecular complexity index is 1200. The molecule has 2 heterocycles. The van der Waals surface area contributed by atoms with Crippen molar-refractivity contribution in [1.82, 2.24) is 0 Å². The lowest BCUT2D eigenvalue weighted by atomic mass is 9.89. The maximum atomic E-state index is 13.1. The van der Waals surface area contributed by atoms with Crippen molar-refractivity contribution in [2.75, 3.05) is 20.8 Å². The fourth-order valence-electron chi connectivity index (χ4n) is 4.05. The highest BCUT2D eigenvalue weighted by molar-refractivity contribution is 6.09. The van der Waals surface area contributed by atoms with E-state index in [0.717, 1.165) is 16.5 Å². The molecule has 0 amide bonds. The van der Waals surface area contributed by atoms with Crippen molar-refractivity contribution in [3.8, 4) is 11.5 Å². The molecule has 1 aliphatic heterocycles. The second kappa shape index (κ2) is 9.96. The molecule has 34 heavy (non-hydrogen) atoms. The van der Waals surface area contributed by atoms with Crippen LogP contribution >= 0.6 is 0 Å². The van der Waals surface area contributed by atoms with Crippen LogP contribution in [0.5, 0.6) is 11.5 Å². The van der Waals surface area contributed by atoms with E-state index in [1.165, 1.54) is 32.4 Å². The molecule has 180 valence electrons. The third kappa shape index (κ3) is 4.44. The summed E-state index contributed by atoms with van der Waals surface area (Å²) in [7, 11) is 2.81. The van der Waals surface area contributed by atoms with E-state index in [1.807, 2.05) is 24.3 Å². The lowest BCUT2D eigenvalue weighted by Gasteiger charge is -2.40. The van der Waals surface area contributed by atoms with Gasteiger partial charge in [-0.25, -0.2) is 0 Å². The lowest BCUT2D eigenvalue weighted by Crippen LogP contribution is -2.55.